The van der Waals surface area contributed by atoms with Gasteiger partial charge in [0.2, 0.25) is 0 Å². The van der Waals surface area contributed by atoms with Crippen molar-refractivity contribution in [3.8, 4) is 0 Å². The molecule has 0 aromatic carbocycles. The minimum atomic E-state index is -1.70. The van der Waals surface area contributed by atoms with Gasteiger partial charge in [0, 0.05) is 23.9 Å². The van der Waals surface area contributed by atoms with Gasteiger partial charge in [-0.15, -0.1) is 0 Å². The van der Waals surface area contributed by atoms with E-state index in [2.05, 4.69) is 39.2 Å². The summed E-state index contributed by atoms with van der Waals surface area (Å²) in [7, 11) is -1.70. The molecule has 0 spiro atoms. The summed E-state index contributed by atoms with van der Waals surface area (Å²) in [4.78, 5) is 0. The highest BCUT2D eigenvalue weighted by Crippen LogP contribution is 2.42. The summed E-state index contributed by atoms with van der Waals surface area (Å²) >= 11 is 0. The summed E-state index contributed by atoms with van der Waals surface area (Å²) in [6, 6.07) is 0. The van der Waals surface area contributed by atoms with Crippen LogP contribution in [0.2, 0.25) is 18.1 Å². The summed E-state index contributed by atoms with van der Waals surface area (Å²) in [6.45, 7) is 11.5. The summed E-state index contributed by atoms with van der Waals surface area (Å²) < 4.78 is 6.54. The largest absolute Gasteiger partial charge is 0.414 e. The summed E-state index contributed by atoms with van der Waals surface area (Å²) in [6.07, 6.45) is 9.27. The number of allylic oxidation sites excluding steroid dienone is 1. The van der Waals surface area contributed by atoms with Crippen molar-refractivity contribution in [1.82, 2.24) is 5.32 Å². The number of nitrogens with two attached hydrogens (primary N) is 2. The van der Waals surface area contributed by atoms with Crippen LogP contribution >= 0.6 is 0 Å². The Kier molecular flexibility index (Phi) is 4.30. The van der Waals surface area contributed by atoms with Crippen molar-refractivity contribution >= 4 is 8.32 Å². The maximum absolute atomic E-state index is 6.54. The predicted molar refractivity (Wildman–Crippen MR) is 90.9 cm³/mol. The lowest BCUT2D eigenvalue weighted by molar-refractivity contribution is 0.173. The van der Waals surface area contributed by atoms with E-state index in [1.54, 1.807) is 0 Å². The predicted octanol–water partition coefficient (Wildman–Crippen LogP) is 2.79. The van der Waals surface area contributed by atoms with E-state index in [1.165, 1.54) is 0 Å². The quantitative estimate of drug-likeness (QED) is 0.701. The molecule has 2 rings (SSSR count). The van der Waals surface area contributed by atoms with Crippen LogP contribution in [0.15, 0.2) is 24.0 Å². The topological polar surface area (TPSA) is 73.3 Å². The maximum Gasteiger partial charge on any atom is 0.192 e. The second-order valence-corrected chi connectivity index (χ2v) is 12.8. The highest BCUT2D eigenvalue weighted by atomic mass is 28.4. The first kappa shape index (κ1) is 16.6. The molecule has 0 bridgehead atoms. The molecule has 1 aliphatic carbocycles. The fraction of sp³-hybridized carbons (Fsp3) is 0.750. The molecule has 120 valence electrons. The molecule has 1 fully saturated rings. The molecule has 21 heavy (non-hydrogen) atoms. The van der Waals surface area contributed by atoms with E-state index in [9.17, 15) is 0 Å². The van der Waals surface area contributed by atoms with Crippen LogP contribution in [-0.4, -0.2) is 20.1 Å². The van der Waals surface area contributed by atoms with Crippen molar-refractivity contribution in [2.75, 3.05) is 0 Å². The Morgan fingerprint density at radius 3 is 2.52 bits per heavy atom. The minimum absolute atomic E-state index is 0.256. The van der Waals surface area contributed by atoms with Crippen molar-refractivity contribution < 1.29 is 4.43 Å². The van der Waals surface area contributed by atoms with E-state index in [4.69, 9.17) is 15.9 Å². The maximum atomic E-state index is 6.54. The number of dihydropyridines is 1. The number of hydrogen-bond acceptors (Lipinski definition) is 4. The van der Waals surface area contributed by atoms with E-state index in [1.807, 2.05) is 18.4 Å². The van der Waals surface area contributed by atoms with E-state index in [0.717, 1.165) is 25.0 Å². The van der Waals surface area contributed by atoms with Crippen molar-refractivity contribution in [1.29, 1.82) is 0 Å². The highest BCUT2D eigenvalue weighted by Gasteiger charge is 2.44. The lowest BCUT2D eigenvalue weighted by Crippen LogP contribution is -2.56. The zero-order valence-electron chi connectivity index (χ0n) is 14.1. The Morgan fingerprint density at radius 1 is 1.33 bits per heavy atom. The van der Waals surface area contributed by atoms with Crippen LogP contribution in [0.25, 0.3) is 0 Å². The summed E-state index contributed by atoms with van der Waals surface area (Å²) in [5, 5.41) is 3.52. The van der Waals surface area contributed by atoms with Gasteiger partial charge in [-0.25, -0.2) is 0 Å². The van der Waals surface area contributed by atoms with Gasteiger partial charge in [0.05, 0.1) is 0 Å². The Hall–Kier alpha value is -0.783. The molecule has 0 aromatic heterocycles. The molecule has 2 aliphatic rings. The zero-order valence-corrected chi connectivity index (χ0v) is 15.1. The molecule has 3 atom stereocenters. The van der Waals surface area contributed by atoms with Gasteiger partial charge in [-0.2, -0.15) is 0 Å². The van der Waals surface area contributed by atoms with Crippen LogP contribution in [0.5, 0.6) is 0 Å². The molecular formula is C16H31N3OSi. The molecule has 0 aromatic rings. The van der Waals surface area contributed by atoms with Gasteiger partial charge in [-0.3, -0.25) is 0 Å². The third kappa shape index (κ3) is 3.52. The molecule has 1 saturated carbocycles. The van der Waals surface area contributed by atoms with Gasteiger partial charge >= 0.3 is 0 Å². The molecule has 1 unspecified atom stereocenters. The van der Waals surface area contributed by atoms with Crippen LogP contribution in [0.4, 0.5) is 0 Å². The molecule has 0 saturated heterocycles. The number of rotatable bonds is 3. The van der Waals surface area contributed by atoms with Crippen molar-refractivity contribution in [3.05, 3.63) is 24.0 Å². The molecule has 1 heterocycles. The van der Waals surface area contributed by atoms with E-state index >= 15 is 0 Å². The fourth-order valence-corrected chi connectivity index (χ4v) is 4.27. The molecule has 5 heteroatoms. The summed E-state index contributed by atoms with van der Waals surface area (Å²) in [5.41, 5.74) is 12.5. The van der Waals surface area contributed by atoms with Crippen molar-refractivity contribution in [2.24, 2.45) is 17.4 Å². The first-order valence-corrected chi connectivity index (χ1v) is 10.8. The Morgan fingerprint density at radius 2 is 2.00 bits per heavy atom. The third-order valence-corrected chi connectivity index (χ3v) is 9.90. The van der Waals surface area contributed by atoms with Crippen LogP contribution < -0.4 is 16.8 Å². The second kappa shape index (κ2) is 5.45. The monoisotopic (exact) mass is 309 g/mol. The summed E-state index contributed by atoms with van der Waals surface area (Å²) in [5.74, 6) is 0.396. The van der Waals surface area contributed by atoms with Gasteiger partial charge in [-0.1, -0.05) is 20.8 Å². The fourth-order valence-electron chi connectivity index (χ4n) is 2.87. The zero-order chi connectivity index (χ0) is 15.9. The van der Waals surface area contributed by atoms with Gasteiger partial charge < -0.3 is 21.2 Å². The molecule has 5 N–H and O–H groups in total. The first-order valence-electron chi connectivity index (χ1n) is 7.93. The van der Waals surface area contributed by atoms with Crippen LogP contribution in [0.1, 0.15) is 40.0 Å². The molecule has 1 aliphatic heterocycles. The van der Waals surface area contributed by atoms with Crippen LogP contribution in [0.3, 0.4) is 0 Å². The van der Waals surface area contributed by atoms with Crippen LogP contribution in [-0.2, 0) is 4.43 Å². The van der Waals surface area contributed by atoms with E-state index < -0.39 is 14.0 Å². The Bertz CT molecular complexity index is 453. The Balaban J connectivity index is 1.97. The highest BCUT2D eigenvalue weighted by molar-refractivity contribution is 6.74. The van der Waals surface area contributed by atoms with Crippen LogP contribution in [0, 0.1) is 5.92 Å². The molecule has 4 nitrogen and oxygen atoms in total. The first-order chi connectivity index (χ1) is 9.53. The molecular weight excluding hydrogens is 278 g/mol. The Labute approximate surface area is 130 Å². The number of nitrogens with one attached hydrogen (secondary N) is 1. The van der Waals surface area contributed by atoms with Gasteiger partial charge in [0.15, 0.2) is 8.32 Å². The smallest absolute Gasteiger partial charge is 0.192 e. The average molecular weight is 310 g/mol. The van der Waals surface area contributed by atoms with Gasteiger partial charge in [-0.05, 0) is 49.5 Å². The van der Waals surface area contributed by atoms with Crippen molar-refractivity contribution in [3.63, 3.8) is 0 Å². The third-order valence-electron chi connectivity index (χ3n) is 5.37. The lowest BCUT2D eigenvalue weighted by atomic mass is 9.89. The second-order valence-electron chi connectivity index (χ2n) is 8.07. The van der Waals surface area contributed by atoms with Gasteiger partial charge in [0.25, 0.3) is 0 Å². The average Bonchev–Trinajstić information content (AvgIpc) is 2.80. The number of hydrogen-bond donors (Lipinski definition) is 3. The SMILES string of the molecule is CC(C)(C)[Si](C)(C)O[C@@H]1CC[C@@H](C2(N)C=CC(N)=CN2)C1. The van der Waals surface area contributed by atoms with E-state index in [-0.39, 0.29) is 5.04 Å². The van der Waals surface area contributed by atoms with Gasteiger partial charge in [0.1, 0.15) is 5.66 Å². The standard InChI is InChI=1S/C16H31N3OSi/c1-15(2,3)21(4,5)20-14-7-6-12(10-14)16(18)9-8-13(17)11-19-16/h8-9,11-12,14,19H,6-7,10,17-18H2,1-5H3/t12-,14-,16?/m1/s1. The lowest BCUT2D eigenvalue weighted by Gasteiger charge is -2.39. The van der Waals surface area contributed by atoms with Crippen molar-refractivity contribution in [2.45, 2.75) is 69.9 Å². The minimum Gasteiger partial charge on any atom is -0.414 e. The molecule has 0 radical (unpaired) electrons. The van der Waals surface area contributed by atoms with E-state index in [0.29, 0.717) is 12.0 Å². The normalized spacial score (nSPS) is 33.7. The molecule has 0 amide bonds.